The van der Waals surface area contributed by atoms with Gasteiger partial charge in [-0.2, -0.15) is 0 Å². The van der Waals surface area contributed by atoms with Gasteiger partial charge in [0, 0.05) is 0 Å². The Bertz CT molecular complexity index is 456. The molecule has 0 saturated heterocycles. The van der Waals surface area contributed by atoms with E-state index in [0.717, 1.165) is 18.4 Å². The second kappa shape index (κ2) is 5.68. The molecule has 4 nitrogen and oxygen atoms in total. The minimum absolute atomic E-state index is 0. The van der Waals surface area contributed by atoms with Gasteiger partial charge in [0.25, 0.3) is 11.8 Å². The molecule has 1 aromatic heterocycles. The van der Waals surface area contributed by atoms with Crippen molar-refractivity contribution < 1.29 is 9.47 Å². The zero-order valence-corrected chi connectivity index (χ0v) is 13.2. The van der Waals surface area contributed by atoms with Gasteiger partial charge in [0.2, 0.25) is 0 Å². The summed E-state index contributed by atoms with van der Waals surface area (Å²) >= 11 is 1.20. The third kappa shape index (κ3) is 2.62. The molecular formula is C14H21ClN2O2S. The Balaban J connectivity index is 0.00000121. The van der Waals surface area contributed by atoms with Crippen LogP contribution in [-0.2, 0) is 0 Å². The fraction of sp³-hybridized carbons (Fsp3) is 0.857. The monoisotopic (exact) mass is 316 g/mol. The number of rotatable bonds is 5. The molecule has 0 spiro atoms. The number of fused-ring (bicyclic) bond motifs is 2. The van der Waals surface area contributed by atoms with E-state index >= 15 is 0 Å². The lowest BCUT2D eigenvalue weighted by Gasteiger charge is -2.27. The van der Waals surface area contributed by atoms with Gasteiger partial charge in [-0.05, 0) is 56.8 Å². The first-order chi connectivity index (χ1) is 9.33. The zero-order chi connectivity index (χ0) is 12.7. The van der Waals surface area contributed by atoms with Crippen LogP contribution in [0.1, 0.15) is 51.4 Å². The molecule has 20 heavy (non-hydrogen) atoms. The van der Waals surface area contributed by atoms with Crippen molar-refractivity contribution in [3.05, 3.63) is 0 Å². The lowest BCUT2D eigenvalue weighted by Crippen LogP contribution is -2.30. The first-order valence-electron chi connectivity index (χ1n) is 7.47. The van der Waals surface area contributed by atoms with Crippen molar-refractivity contribution in [2.45, 2.75) is 57.0 Å². The summed E-state index contributed by atoms with van der Waals surface area (Å²) in [5.74, 6) is 2.87. The highest BCUT2D eigenvalue weighted by molar-refractivity contribution is 6.99. The molecule has 0 aromatic carbocycles. The average Bonchev–Trinajstić information content (AvgIpc) is 3.04. The van der Waals surface area contributed by atoms with E-state index in [0.29, 0.717) is 11.8 Å². The molecule has 112 valence electrons. The van der Waals surface area contributed by atoms with Crippen molar-refractivity contribution in [1.29, 1.82) is 0 Å². The topological polar surface area (TPSA) is 44.2 Å². The van der Waals surface area contributed by atoms with Gasteiger partial charge in [-0.25, -0.2) is 0 Å². The predicted octanol–water partition coefficient (Wildman–Crippen LogP) is 3.85. The van der Waals surface area contributed by atoms with Gasteiger partial charge < -0.3 is 9.47 Å². The van der Waals surface area contributed by atoms with Crippen molar-refractivity contribution in [3.8, 4) is 11.8 Å². The minimum atomic E-state index is 0. The summed E-state index contributed by atoms with van der Waals surface area (Å²) in [6, 6.07) is 0. The van der Waals surface area contributed by atoms with Crippen LogP contribution in [-0.4, -0.2) is 21.0 Å². The highest BCUT2D eigenvalue weighted by atomic mass is 35.5. The van der Waals surface area contributed by atoms with Crippen LogP contribution in [0.3, 0.4) is 0 Å². The van der Waals surface area contributed by atoms with Gasteiger partial charge >= 0.3 is 0 Å². The van der Waals surface area contributed by atoms with Crippen LogP contribution in [0.2, 0.25) is 0 Å². The molecule has 0 radical (unpaired) electrons. The largest absolute Gasteiger partial charge is 0.473 e. The molecule has 6 heteroatoms. The minimum Gasteiger partial charge on any atom is -0.473 e. The molecule has 3 fully saturated rings. The molecule has 3 aliphatic rings. The van der Waals surface area contributed by atoms with Crippen LogP contribution >= 0.6 is 24.1 Å². The maximum absolute atomic E-state index is 6.22. The number of aromatic nitrogens is 2. The predicted molar refractivity (Wildman–Crippen MR) is 79.9 cm³/mol. The fourth-order valence-corrected chi connectivity index (χ4v) is 4.10. The van der Waals surface area contributed by atoms with Crippen molar-refractivity contribution in [2.24, 2.45) is 11.8 Å². The smallest absolute Gasteiger partial charge is 0.291 e. The normalized spacial score (nSPS) is 31.7. The van der Waals surface area contributed by atoms with E-state index in [4.69, 9.17) is 9.47 Å². The molecule has 0 N–H and O–H groups in total. The molecule has 3 aliphatic carbocycles. The summed E-state index contributed by atoms with van der Waals surface area (Å²) in [7, 11) is 0. The molecule has 4 rings (SSSR count). The Kier molecular flexibility index (Phi) is 4.09. The van der Waals surface area contributed by atoms with Gasteiger partial charge in [-0.3, -0.25) is 0 Å². The van der Waals surface area contributed by atoms with Crippen molar-refractivity contribution >= 4 is 24.1 Å². The number of halogens is 1. The van der Waals surface area contributed by atoms with E-state index in [1.807, 2.05) is 0 Å². The van der Waals surface area contributed by atoms with Crippen molar-refractivity contribution in [3.63, 3.8) is 0 Å². The zero-order valence-electron chi connectivity index (χ0n) is 11.5. The Morgan fingerprint density at radius 1 is 1.10 bits per heavy atom. The molecule has 3 saturated carbocycles. The maximum atomic E-state index is 6.22. The summed E-state index contributed by atoms with van der Waals surface area (Å²) in [5, 5.41) is 0. The van der Waals surface area contributed by atoms with E-state index in [2.05, 4.69) is 8.75 Å². The molecule has 0 unspecified atom stereocenters. The summed E-state index contributed by atoms with van der Waals surface area (Å²) in [5.41, 5.74) is 0.0506. The number of nitrogens with zero attached hydrogens (tertiary/aromatic N) is 2. The van der Waals surface area contributed by atoms with E-state index in [1.54, 1.807) is 0 Å². The van der Waals surface area contributed by atoms with Crippen LogP contribution in [0.4, 0.5) is 0 Å². The highest BCUT2D eigenvalue weighted by Gasteiger charge is 2.47. The van der Waals surface area contributed by atoms with Crippen molar-refractivity contribution in [2.75, 3.05) is 6.61 Å². The molecule has 2 bridgehead atoms. The molecule has 0 aliphatic heterocycles. The maximum Gasteiger partial charge on any atom is 0.291 e. The second-order valence-electron chi connectivity index (χ2n) is 6.42. The number of ether oxygens (including phenoxy) is 2. The van der Waals surface area contributed by atoms with Crippen LogP contribution < -0.4 is 9.47 Å². The van der Waals surface area contributed by atoms with Gasteiger partial charge in [-0.15, -0.1) is 21.2 Å². The summed E-state index contributed by atoms with van der Waals surface area (Å²) in [6.07, 6.45) is 10.1. The van der Waals surface area contributed by atoms with Crippen LogP contribution in [0.5, 0.6) is 11.8 Å². The summed E-state index contributed by atoms with van der Waals surface area (Å²) in [6.45, 7) is 0.775. The molecular weight excluding hydrogens is 296 g/mol. The lowest BCUT2D eigenvalue weighted by molar-refractivity contribution is 0.0681. The van der Waals surface area contributed by atoms with Crippen molar-refractivity contribution in [1.82, 2.24) is 8.75 Å². The van der Waals surface area contributed by atoms with E-state index in [1.165, 1.54) is 63.1 Å². The molecule has 1 aromatic rings. The lowest BCUT2D eigenvalue weighted by atomic mass is 9.86. The third-order valence-corrected chi connectivity index (χ3v) is 5.60. The summed E-state index contributed by atoms with van der Waals surface area (Å²) < 4.78 is 20.6. The first-order valence-corrected chi connectivity index (χ1v) is 8.20. The first kappa shape index (κ1) is 14.4. The van der Waals surface area contributed by atoms with Gasteiger partial charge in [0.15, 0.2) is 0 Å². The van der Waals surface area contributed by atoms with Crippen LogP contribution in [0.25, 0.3) is 0 Å². The standard InChI is InChI=1S/C14H20N2O2S.ClH/c1-2-11(3-1)9-17-12-13(16-19-15-12)18-14-6-4-10(8-14)5-7-14;/h10-11H,1-9H2;1H. The fourth-order valence-electron chi connectivity index (χ4n) is 3.67. The van der Waals surface area contributed by atoms with Gasteiger partial charge in [0.1, 0.15) is 5.60 Å². The molecule has 0 atom stereocenters. The van der Waals surface area contributed by atoms with E-state index in [-0.39, 0.29) is 18.0 Å². The average molecular weight is 317 g/mol. The highest BCUT2D eigenvalue weighted by Crippen LogP contribution is 2.50. The summed E-state index contributed by atoms with van der Waals surface area (Å²) in [4.78, 5) is 0. The van der Waals surface area contributed by atoms with Gasteiger partial charge in [0.05, 0.1) is 18.3 Å². The molecule has 0 amide bonds. The van der Waals surface area contributed by atoms with Crippen LogP contribution in [0, 0.1) is 11.8 Å². The number of hydrogen-bond donors (Lipinski definition) is 0. The third-order valence-electron chi connectivity index (χ3n) is 5.10. The second-order valence-corrected chi connectivity index (χ2v) is 6.94. The Hall–Kier alpha value is -0.550. The Morgan fingerprint density at radius 2 is 1.85 bits per heavy atom. The number of hydrogen-bond acceptors (Lipinski definition) is 5. The van der Waals surface area contributed by atoms with E-state index < -0.39 is 0 Å². The van der Waals surface area contributed by atoms with E-state index in [9.17, 15) is 0 Å². The Morgan fingerprint density at radius 3 is 2.45 bits per heavy atom. The SMILES string of the molecule is C1CC(COc2nsnc2OC23CCC(CC2)C3)C1.Cl. The Labute approximate surface area is 130 Å². The molecule has 1 heterocycles. The van der Waals surface area contributed by atoms with Crippen LogP contribution in [0.15, 0.2) is 0 Å². The quantitative estimate of drug-likeness (QED) is 0.827. The van der Waals surface area contributed by atoms with Gasteiger partial charge in [-0.1, -0.05) is 6.42 Å².